The number of aliphatic hydroxyl groups excluding tert-OH is 1. The lowest BCUT2D eigenvalue weighted by Gasteiger charge is -2.26. The van der Waals surface area contributed by atoms with Crippen molar-refractivity contribution in [3.63, 3.8) is 0 Å². The van der Waals surface area contributed by atoms with Crippen LogP contribution in [0.15, 0.2) is 0 Å². The molecule has 0 saturated carbocycles. The summed E-state index contributed by atoms with van der Waals surface area (Å²) >= 11 is 3.97. The molecule has 0 aliphatic carbocycles. The average Bonchev–Trinajstić information content (AvgIpc) is 2.60. The van der Waals surface area contributed by atoms with Crippen molar-refractivity contribution < 1.29 is 34.2 Å². The number of carboxylic acid groups (broad SMARTS) is 1. The van der Waals surface area contributed by atoms with Crippen LogP contribution in [0.5, 0.6) is 0 Å². The van der Waals surface area contributed by atoms with E-state index in [1.165, 1.54) is 0 Å². The molecule has 0 fully saturated rings. The van der Waals surface area contributed by atoms with Crippen molar-refractivity contribution in [2.24, 2.45) is 17.4 Å². The molecule has 160 valence electrons. The maximum absolute atomic E-state index is 12.4. The van der Waals surface area contributed by atoms with Gasteiger partial charge in [-0.3, -0.25) is 19.2 Å². The van der Waals surface area contributed by atoms with Gasteiger partial charge in [-0.1, -0.05) is 13.8 Å². The van der Waals surface area contributed by atoms with Gasteiger partial charge in [-0.05, 0) is 5.92 Å². The summed E-state index contributed by atoms with van der Waals surface area (Å²) in [6.07, 6.45) is -0.415. The predicted molar refractivity (Wildman–Crippen MR) is 101 cm³/mol. The summed E-state index contributed by atoms with van der Waals surface area (Å²) in [7, 11) is 0. The van der Waals surface area contributed by atoms with E-state index in [4.69, 9.17) is 21.7 Å². The zero-order valence-corrected chi connectivity index (χ0v) is 16.4. The van der Waals surface area contributed by atoms with E-state index in [1.807, 2.05) is 0 Å². The van der Waals surface area contributed by atoms with Gasteiger partial charge in [0.1, 0.15) is 18.1 Å². The van der Waals surface area contributed by atoms with Crippen LogP contribution in [0.3, 0.4) is 0 Å². The molecule has 0 bridgehead atoms. The van der Waals surface area contributed by atoms with Crippen LogP contribution in [-0.4, -0.2) is 76.3 Å². The summed E-state index contributed by atoms with van der Waals surface area (Å²) in [5.74, 6) is -5.19. The van der Waals surface area contributed by atoms with Crippen molar-refractivity contribution in [2.75, 3.05) is 12.4 Å². The molecule has 0 aliphatic heterocycles. The first-order valence-corrected chi connectivity index (χ1v) is 8.97. The first-order valence-electron chi connectivity index (χ1n) is 8.34. The highest BCUT2D eigenvalue weighted by molar-refractivity contribution is 7.80. The lowest BCUT2D eigenvalue weighted by molar-refractivity contribution is -0.143. The Morgan fingerprint density at radius 2 is 1.50 bits per heavy atom. The van der Waals surface area contributed by atoms with E-state index in [0.29, 0.717) is 0 Å². The smallest absolute Gasteiger partial charge is 0.328 e. The van der Waals surface area contributed by atoms with Crippen LogP contribution in [0.1, 0.15) is 20.3 Å². The quantitative estimate of drug-likeness (QED) is 0.146. The van der Waals surface area contributed by atoms with Gasteiger partial charge in [-0.2, -0.15) is 12.6 Å². The zero-order valence-electron chi connectivity index (χ0n) is 15.5. The zero-order chi connectivity index (χ0) is 22.0. The Balaban J connectivity index is 5.09. The van der Waals surface area contributed by atoms with Gasteiger partial charge in [-0.25, -0.2) is 4.79 Å². The van der Waals surface area contributed by atoms with Gasteiger partial charge in [-0.15, -0.1) is 0 Å². The topological polar surface area (TPSA) is 214 Å². The first-order chi connectivity index (χ1) is 12.9. The minimum atomic E-state index is -1.53. The number of thiol groups is 1. The molecule has 0 spiro atoms. The van der Waals surface area contributed by atoms with Crippen molar-refractivity contribution in [1.82, 2.24) is 16.0 Å². The number of amides is 4. The lowest BCUT2D eigenvalue weighted by atomic mass is 10.0. The molecule has 4 amide bonds. The maximum Gasteiger partial charge on any atom is 0.328 e. The van der Waals surface area contributed by atoms with Gasteiger partial charge >= 0.3 is 5.97 Å². The minimum absolute atomic E-state index is 0.137. The number of aliphatic hydroxyl groups is 1. The lowest BCUT2D eigenvalue weighted by Crippen LogP contribution is -2.59. The highest BCUT2D eigenvalue weighted by Gasteiger charge is 2.31. The molecule has 4 atom stereocenters. The van der Waals surface area contributed by atoms with E-state index in [9.17, 15) is 24.0 Å². The normalized spacial score (nSPS) is 15.1. The Kier molecular flexibility index (Phi) is 11.1. The number of carbonyl (C=O) groups is 5. The van der Waals surface area contributed by atoms with Gasteiger partial charge in [0.15, 0.2) is 0 Å². The highest BCUT2D eigenvalue weighted by atomic mass is 32.1. The highest BCUT2D eigenvalue weighted by Crippen LogP contribution is 2.04. The molecule has 0 saturated heterocycles. The maximum atomic E-state index is 12.4. The molecule has 12 nitrogen and oxygen atoms in total. The molecule has 0 radical (unpaired) electrons. The molecule has 0 rings (SSSR count). The second kappa shape index (κ2) is 12.2. The molecule has 0 heterocycles. The summed E-state index contributed by atoms with van der Waals surface area (Å²) in [6.45, 7) is 2.39. The van der Waals surface area contributed by atoms with Crippen LogP contribution in [0.25, 0.3) is 0 Å². The second-order valence-electron chi connectivity index (χ2n) is 6.33. The molecule has 13 heteroatoms. The van der Waals surface area contributed by atoms with E-state index >= 15 is 0 Å². The van der Waals surface area contributed by atoms with Gasteiger partial charge in [0.05, 0.1) is 19.1 Å². The Morgan fingerprint density at radius 3 is 1.89 bits per heavy atom. The minimum Gasteiger partial charge on any atom is -0.480 e. The van der Waals surface area contributed by atoms with E-state index in [-0.39, 0.29) is 5.75 Å². The number of nitrogens with two attached hydrogens (primary N) is 2. The van der Waals surface area contributed by atoms with Crippen LogP contribution in [0.2, 0.25) is 0 Å². The Bertz CT molecular complexity index is 601. The molecule has 0 aromatic carbocycles. The average molecular weight is 421 g/mol. The van der Waals surface area contributed by atoms with Gasteiger partial charge in [0.2, 0.25) is 23.6 Å². The monoisotopic (exact) mass is 421 g/mol. The Morgan fingerprint density at radius 1 is 0.964 bits per heavy atom. The van der Waals surface area contributed by atoms with Gasteiger partial charge < -0.3 is 37.6 Å². The Hall–Kier alpha value is -2.38. The largest absolute Gasteiger partial charge is 0.480 e. The van der Waals surface area contributed by atoms with Crippen LogP contribution in [-0.2, 0) is 24.0 Å². The standard InChI is InChI=1S/C15H27N5O7S/c1-6(2)11(14(25)18-8(4-21)15(26)27)20-13(24)9(5-28)19-12(23)7(16)3-10(17)22/h6-9,11,21,28H,3-5,16H2,1-2H3,(H2,17,22)(H,18,25)(H,19,23)(H,20,24)(H,26,27). The van der Waals surface area contributed by atoms with Crippen LogP contribution in [0.4, 0.5) is 0 Å². The number of primary amides is 1. The summed E-state index contributed by atoms with van der Waals surface area (Å²) in [4.78, 5) is 58.4. The van der Waals surface area contributed by atoms with Crippen molar-refractivity contribution in [1.29, 1.82) is 0 Å². The van der Waals surface area contributed by atoms with Crippen molar-refractivity contribution in [3.05, 3.63) is 0 Å². The molecule has 0 aliphatic rings. The SMILES string of the molecule is CC(C)C(NC(=O)C(CS)NC(=O)C(N)CC(N)=O)C(=O)NC(CO)C(=O)O. The molecule has 0 aromatic heterocycles. The van der Waals surface area contributed by atoms with Crippen molar-refractivity contribution in [2.45, 2.75) is 44.4 Å². The number of hydrogen-bond acceptors (Lipinski definition) is 8. The molecule has 4 unspecified atom stereocenters. The van der Waals surface area contributed by atoms with Crippen molar-refractivity contribution in [3.8, 4) is 0 Å². The first kappa shape index (κ1) is 25.6. The third-order valence-corrected chi connectivity index (χ3v) is 3.98. The number of carboxylic acids is 1. The van der Waals surface area contributed by atoms with E-state index in [0.717, 1.165) is 0 Å². The molecular weight excluding hydrogens is 394 g/mol. The summed E-state index contributed by atoms with van der Waals surface area (Å²) in [5, 5.41) is 24.7. The van der Waals surface area contributed by atoms with E-state index in [1.54, 1.807) is 13.8 Å². The number of carbonyl (C=O) groups excluding carboxylic acids is 4. The number of aliphatic carboxylic acids is 1. The third-order valence-electron chi connectivity index (χ3n) is 3.62. The fourth-order valence-electron chi connectivity index (χ4n) is 2.02. The summed E-state index contributed by atoms with van der Waals surface area (Å²) < 4.78 is 0. The summed E-state index contributed by atoms with van der Waals surface area (Å²) in [5.41, 5.74) is 10.5. The Labute approximate surface area is 167 Å². The van der Waals surface area contributed by atoms with E-state index in [2.05, 4.69) is 28.6 Å². The fraction of sp³-hybridized carbons (Fsp3) is 0.667. The van der Waals surface area contributed by atoms with Gasteiger partial charge in [0, 0.05) is 5.75 Å². The number of hydrogen-bond donors (Lipinski definition) is 8. The van der Waals surface area contributed by atoms with Crippen molar-refractivity contribution >= 4 is 42.2 Å². The molecule has 9 N–H and O–H groups in total. The molecule has 0 aromatic rings. The molecular formula is C15H27N5O7S. The van der Waals surface area contributed by atoms with Gasteiger partial charge in [0.25, 0.3) is 0 Å². The van der Waals surface area contributed by atoms with E-state index < -0.39 is 72.7 Å². The van der Waals surface area contributed by atoms with Crippen LogP contribution < -0.4 is 27.4 Å². The number of nitrogens with one attached hydrogen (secondary N) is 3. The van der Waals surface area contributed by atoms with Crippen LogP contribution in [0, 0.1) is 5.92 Å². The molecule has 28 heavy (non-hydrogen) atoms. The predicted octanol–water partition coefficient (Wildman–Crippen LogP) is -3.69. The second-order valence-corrected chi connectivity index (χ2v) is 6.70. The van der Waals surface area contributed by atoms with Crippen LogP contribution >= 0.6 is 12.6 Å². The number of rotatable bonds is 12. The fourth-order valence-corrected chi connectivity index (χ4v) is 2.28. The third kappa shape index (κ3) is 8.54. The summed E-state index contributed by atoms with van der Waals surface area (Å²) in [6, 6.07) is -5.09.